The van der Waals surface area contributed by atoms with Gasteiger partial charge in [0.15, 0.2) is 5.65 Å². The number of piperidine rings is 1. The number of nitrogens with zero attached hydrogens (tertiary/aromatic N) is 5. The maximum atomic E-state index is 12.9. The fraction of sp³-hybridized carbons (Fsp3) is 0.364. The van der Waals surface area contributed by atoms with Crippen molar-refractivity contribution < 1.29 is 19.4 Å². The van der Waals surface area contributed by atoms with E-state index >= 15 is 0 Å². The summed E-state index contributed by atoms with van der Waals surface area (Å²) in [7, 11) is 0. The molecule has 2 fully saturated rings. The fourth-order valence-electron chi connectivity index (χ4n) is 4.50. The Morgan fingerprint density at radius 2 is 2.00 bits per heavy atom. The zero-order valence-electron chi connectivity index (χ0n) is 16.7. The van der Waals surface area contributed by atoms with Crippen LogP contribution >= 0.6 is 0 Å². The van der Waals surface area contributed by atoms with Gasteiger partial charge >= 0.3 is 6.09 Å². The molecule has 4 heterocycles. The van der Waals surface area contributed by atoms with Crippen molar-refractivity contribution in [3.63, 3.8) is 0 Å². The van der Waals surface area contributed by atoms with E-state index in [9.17, 15) is 9.90 Å². The SMILES string of the molecule is N#Cc1cnn2cc(C3(O)CC4COCC(C3)N4C(=O)OCc3ccccc3)cnc12. The second kappa shape index (κ2) is 7.65. The van der Waals surface area contributed by atoms with Gasteiger partial charge in [-0.1, -0.05) is 30.3 Å². The number of hydrogen-bond donors (Lipinski definition) is 1. The smallest absolute Gasteiger partial charge is 0.410 e. The second-order valence-electron chi connectivity index (χ2n) is 8.01. The van der Waals surface area contributed by atoms with Crippen molar-refractivity contribution in [2.45, 2.75) is 37.1 Å². The summed E-state index contributed by atoms with van der Waals surface area (Å²) >= 11 is 0. The number of nitriles is 1. The van der Waals surface area contributed by atoms with E-state index in [1.807, 2.05) is 36.4 Å². The highest BCUT2D eigenvalue weighted by molar-refractivity contribution is 5.69. The molecule has 5 rings (SSSR count). The minimum absolute atomic E-state index is 0.196. The molecule has 2 atom stereocenters. The molecule has 2 aromatic heterocycles. The molecule has 2 bridgehead atoms. The van der Waals surface area contributed by atoms with Crippen molar-refractivity contribution in [2.24, 2.45) is 0 Å². The molecule has 2 unspecified atom stereocenters. The Bertz CT molecular complexity index is 1140. The Kier molecular flexibility index (Phi) is 4.81. The minimum Gasteiger partial charge on any atom is -0.445 e. The summed E-state index contributed by atoms with van der Waals surface area (Å²) in [5, 5.41) is 24.8. The number of carbonyl (C=O) groups is 1. The lowest BCUT2D eigenvalue weighted by Gasteiger charge is -2.50. The van der Waals surface area contributed by atoms with Crippen LogP contribution < -0.4 is 0 Å². The molecule has 158 valence electrons. The van der Waals surface area contributed by atoms with Crippen LogP contribution in [-0.2, 0) is 21.7 Å². The summed E-state index contributed by atoms with van der Waals surface area (Å²) in [5.41, 5.74) is 1.15. The third-order valence-electron chi connectivity index (χ3n) is 5.98. The van der Waals surface area contributed by atoms with Gasteiger partial charge in [0.05, 0.1) is 37.1 Å². The molecule has 0 saturated carbocycles. The maximum Gasteiger partial charge on any atom is 0.410 e. The molecule has 9 heteroatoms. The summed E-state index contributed by atoms with van der Waals surface area (Å²) in [4.78, 5) is 18.9. The first-order valence-electron chi connectivity index (χ1n) is 10.1. The van der Waals surface area contributed by atoms with Gasteiger partial charge in [-0.15, -0.1) is 0 Å². The van der Waals surface area contributed by atoms with Crippen LogP contribution in [0.3, 0.4) is 0 Å². The zero-order valence-corrected chi connectivity index (χ0v) is 16.7. The third kappa shape index (κ3) is 3.50. The van der Waals surface area contributed by atoms with Crippen LogP contribution in [0.25, 0.3) is 5.65 Å². The fourth-order valence-corrected chi connectivity index (χ4v) is 4.50. The van der Waals surface area contributed by atoms with Gasteiger partial charge < -0.3 is 14.6 Å². The molecule has 1 amide bonds. The molecule has 0 radical (unpaired) electrons. The van der Waals surface area contributed by atoms with Gasteiger partial charge in [-0.25, -0.2) is 14.3 Å². The number of aromatic nitrogens is 3. The first-order chi connectivity index (χ1) is 15.1. The average molecular weight is 419 g/mol. The predicted octanol–water partition coefficient (Wildman–Crippen LogP) is 1.99. The van der Waals surface area contributed by atoms with E-state index in [2.05, 4.69) is 10.1 Å². The van der Waals surface area contributed by atoms with E-state index in [0.717, 1.165) is 5.56 Å². The van der Waals surface area contributed by atoms with Gasteiger partial charge in [0.1, 0.15) is 18.2 Å². The molecule has 0 spiro atoms. The van der Waals surface area contributed by atoms with Crippen molar-refractivity contribution >= 4 is 11.7 Å². The standard InChI is InChI=1S/C22H21N5O4/c23-8-16-9-25-26-11-17(10-24-20(16)26)22(29)6-18-13-30-14-19(7-22)27(18)21(28)31-12-15-4-2-1-3-5-15/h1-5,9-11,18-19,29H,6-7,12-14H2. The van der Waals surface area contributed by atoms with Gasteiger partial charge in [-0.05, 0) is 5.56 Å². The van der Waals surface area contributed by atoms with Crippen LogP contribution in [0.1, 0.15) is 29.5 Å². The van der Waals surface area contributed by atoms with E-state index in [1.54, 1.807) is 17.3 Å². The number of morpholine rings is 1. The third-order valence-corrected chi connectivity index (χ3v) is 5.98. The number of aliphatic hydroxyl groups is 1. The Labute approximate surface area is 178 Å². The lowest BCUT2D eigenvalue weighted by atomic mass is 9.78. The highest BCUT2D eigenvalue weighted by Crippen LogP contribution is 2.41. The highest BCUT2D eigenvalue weighted by atomic mass is 16.6. The molecule has 1 aromatic carbocycles. The van der Waals surface area contributed by atoms with Gasteiger partial charge in [0.2, 0.25) is 0 Å². The normalized spacial score (nSPS) is 25.2. The van der Waals surface area contributed by atoms with E-state index in [1.165, 1.54) is 10.7 Å². The number of ether oxygens (including phenoxy) is 2. The van der Waals surface area contributed by atoms with Gasteiger partial charge in [-0.3, -0.25) is 4.90 Å². The highest BCUT2D eigenvalue weighted by Gasteiger charge is 2.49. The van der Waals surface area contributed by atoms with Gasteiger partial charge in [0, 0.05) is 30.8 Å². The predicted molar refractivity (Wildman–Crippen MR) is 108 cm³/mol. The molecule has 1 N–H and O–H groups in total. The summed E-state index contributed by atoms with van der Waals surface area (Å²) < 4.78 is 12.7. The zero-order chi connectivity index (χ0) is 21.4. The summed E-state index contributed by atoms with van der Waals surface area (Å²) in [6.07, 6.45) is 4.92. The van der Waals surface area contributed by atoms with Crippen molar-refractivity contribution in [2.75, 3.05) is 13.2 Å². The van der Waals surface area contributed by atoms with Crippen molar-refractivity contribution in [3.05, 3.63) is 65.6 Å². The quantitative estimate of drug-likeness (QED) is 0.691. The second-order valence-corrected chi connectivity index (χ2v) is 8.01. The number of carbonyl (C=O) groups excluding carboxylic acids is 1. The Morgan fingerprint density at radius 3 is 2.71 bits per heavy atom. The number of hydrogen-bond acceptors (Lipinski definition) is 7. The van der Waals surface area contributed by atoms with E-state index in [-0.39, 0.29) is 18.7 Å². The lowest BCUT2D eigenvalue weighted by molar-refractivity contribution is -0.137. The number of amides is 1. The summed E-state index contributed by atoms with van der Waals surface area (Å²) in [5.74, 6) is 0. The van der Waals surface area contributed by atoms with E-state index in [0.29, 0.717) is 42.8 Å². The van der Waals surface area contributed by atoms with E-state index in [4.69, 9.17) is 14.7 Å². The summed E-state index contributed by atoms with van der Waals surface area (Å²) in [6, 6.07) is 10.9. The first kappa shape index (κ1) is 19.5. The van der Waals surface area contributed by atoms with Gasteiger partial charge in [-0.2, -0.15) is 10.4 Å². The van der Waals surface area contributed by atoms with Crippen LogP contribution in [0.2, 0.25) is 0 Å². The van der Waals surface area contributed by atoms with Crippen LogP contribution in [0.4, 0.5) is 4.79 Å². The topological polar surface area (TPSA) is 113 Å². The molecule has 2 saturated heterocycles. The largest absolute Gasteiger partial charge is 0.445 e. The Morgan fingerprint density at radius 1 is 1.26 bits per heavy atom. The monoisotopic (exact) mass is 419 g/mol. The van der Waals surface area contributed by atoms with E-state index < -0.39 is 11.7 Å². The Hall–Kier alpha value is -3.48. The average Bonchev–Trinajstić information content (AvgIpc) is 3.20. The Balaban J connectivity index is 1.35. The number of benzene rings is 1. The van der Waals surface area contributed by atoms with Crippen molar-refractivity contribution in [3.8, 4) is 6.07 Å². The summed E-state index contributed by atoms with van der Waals surface area (Å²) in [6.45, 7) is 0.854. The van der Waals surface area contributed by atoms with Crippen LogP contribution in [0.15, 0.2) is 48.9 Å². The van der Waals surface area contributed by atoms with Crippen molar-refractivity contribution in [1.29, 1.82) is 5.26 Å². The van der Waals surface area contributed by atoms with Crippen LogP contribution in [-0.4, -0.2) is 56.0 Å². The molecule has 3 aromatic rings. The van der Waals surface area contributed by atoms with Gasteiger partial charge in [0.25, 0.3) is 0 Å². The lowest BCUT2D eigenvalue weighted by Crippen LogP contribution is -2.62. The molecular weight excluding hydrogens is 398 g/mol. The molecular formula is C22H21N5O4. The molecule has 31 heavy (non-hydrogen) atoms. The molecule has 2 aliphatic heterocycles. The molecule has 0 aliphatic carbocycles. The number of fused-ring (bicyclic) bond motifs is 3. The maximum absolute atomic E-state index is 12.9. The van der Waals surface area contributed by atoms with Crippen LogP contribution in [0.5, 0.6) is 0 Å². The molecule has 9 nitrogen and oxygen atoms in total. The van der Waals surface area contributed by atoms with Crippen LogP contribution in [0, 0.1) is 11.3 Å². The number of rotatable bonds is 3. The van der Waals surface area contributed by atoms with Crippen molar-refractivity contribution in [1.82, 2.24) is 19.5 Å². The first-order valence-corrected chi connectivity index (χ1v) is 10.1. The minimum atomic E-state index is -1.19. The molecule has 2 aliphatic rings.